The molecule has 176 valence electrons. The van der Waals surface area contributed by atoms with E-state index in [1.165, 1.54) is 18.4 Å². The number of carbonyl (C=O) groups is 2. The number of anilines is 1. The molecule has 1 aliphatic heterocycles. The monoisotopic (exact) mass is 450 g/mol. The van der Waals surface area contributed by atoms with Crippen molar-refractivity contribution in [3.63, 3.8) is 0 Å². The van der Waals surface area contributed by atoms with Crippen molar-refractivity contribution in [2.24, 2.45) is 0 Å². The number of carbonyl (C=O) groups excluding carboxylic acids is 2. The van der Waals surface area contributed by atoms with E-state index in [0.717, 1.165) is 55.7 Å². The molecule has 1 saturated heterocycles. The van der Waals surface area contributed by atoms with Gasteiger partial charge >= 0.3 is 0 Å². The Morgan fingerprint density at radius 1 is 1.12 bits per heavy atom. The van der Waals surface area contributed by atoms with Gasteiger partial charge in [-0.25, -0.2) is 0 Å². The molecule has 0 radical (unpaired) electrons. The SMILES string of the molecule is COCC(=O)NC1CCc2ccc(C(=O)N(C)C3CCN(c4cc(C)nc(C)c4)CC3)cc21. The van der Waals surface area contributed by atoms with Crippen LogP contribution in [-0.2, 0) is 16.0 Å². The first-order valence-corrected chi connectivity index (χ1v) is 11.7. The maximum absolute atomic E-state index is 13.3. The smallest absolute Gasteiger partial charge is 0.253 e. The molecule has 1 aromatic heterocycles. The normalized spacial score (nSPS) is 18.2. The molecule has 7 nitrogen and oxygen atoms in total. The second kappa shape index (κ2) is 9.91. The van der Waals surface area contributed by atoms with Crippen molar-refractivity contribution in [3.05, 3.63) is 58.4 Å². The summed E-state index contributed by atoms with van der Waals surface area (Å²) in [6.45, 7) is 5.94. The third-order valence-corrected chi connectivity index (χ3v) is 6.85. The van der Waals surface area contributed by atoms with Crippen molar-refractivity contribution >= 4 is 17.5 Å². The van der Waals surface area contributed by atoms with Crippen molar-refractivity contribution < 1.29 is 14.3 Å². The Morgan fingerprint density at radius 3 is 2.48 bits per heavy atom. The third-order valence-electron chi connectivity index (χ3n) is 6.85. The Morgan fingerprint density at radius 2 is 1.82 bits per heavy atom. The molecule has 1 fully saturated rings. The molecule has 1 N–H and O–H groups in total. The van der Waals surface area contributed by atoms with Gasteiger partial charge in [-0.05, 0) is 74.9 Å². The van der Waals surface area contributed by atoms with Gasteiger partial charge in [-0.1, -0.05) is 6.07 Å². The van der Waals surface area contributed by atoms with E-state index in [4.69, 9.17) is 4.74 Å². The number of pyridine rings is 1. The summed E-state index contributed by atoms with van der Waals surface area (Å²) in [5, 5.41) is 3.02. The van der Waals surface area contributed by atoms with Gasteiger partial charge < -0.3 is 19.9 Å². The minimum Gasteiger partial charge on any atom is -0.375 e. The summed E-state index contributed by atoms with van der Waals surface area (Å²) in [5.74, 6) is -0.0868. The zero-order valence-electron chi connectivity index (χ0n) is 20.1. The summed E-state index contributed by atoms with van der Waals surface area (Å²) in [4.78, 5) is 34.1. The maximum atomic E-state index is 13.3. The van der Waals surface area contributed by atoms with Gasteiger partial charge in [0.15, 0.2) is 0 Å². The number of rotatable bonds is 6. The topological polar surface area (TPSA) is 74.8 Å². The fraction of sp³-hybridized carbons (Fsp3) is 0.500. The molecule has 2 aliphatic rings. The van der Waals surface area contributed by atoms with Crippen LogP contribution >= 0.6 is 0 Å². The molecule has 2 aromatic rings. The van der Waals surface area contributed by atoms with Gasteiger partial charge in [-0.3, -0.25) is 14.6 Å². The van der Waals surface area contributed by atoms with Crippen LogP contribution in [0.15, 0.2) is 30.3 Å². The highest BCUT2D eigenvalue weighted by molar-refractivity contribution is 5.94. The lowest BCUT2D eigenvalue weighted by Crippen LogP contribution is -2.45. The molecule has 1 atom stereocenters. The Labute approximate surface area is 196 Å². The molecule has 2 amide bonds. The molecule has 33 heavy (non-hydrogen) atoms. The highest BCUT2D eigenvalue weighted by Crippen LogP contribution is 2.32. The van der Waals surface area contributed by atoms with Gasteiger partial charge in [-0.15, -0.1) is 0 Å². The highest BCUT2D eigenvalue weighted by atomic mass is 16.5. The zero-order valence-corrected chi connectivity index (χ0v) is 20.1. The second-order valence-corrected chi connectivity index (χ2v) is 9.25. The summed E-state index contributed by atoms with van der Waals surface area (Å²) in [6.07, 6.45) is 3.63. The quantitative estimate of drug-likeness (QED) is 0.732. The van der Waals surface area contributed by atoms with E-state index in [-0.39, 0.29) is 30.5 Å². The van der Waals surface area contributed by atoms with Gasteiger partial charge in [0.05, 0.1) is 6.04 Å². The minimum atomic E-state index is -0.129. The number of hydrogen-bond acceptors (Lipinski definition) is 5. The Balaban J connectivity index is 1.40. The van der Waals surface area contributed by atoms with Gasteiger partial charge in [0.2, 0.25) is 5.91 Å². The molecule has 7 heteroatoms. The van der Waals surface area contributed by atoms with E-state index < -0.39 is 0 Å². The molecule has 0 bridgehead atoms. The van der Waals surface area contributed by atoms with Crippen molar-refractivity contribution in [3.8, 4) is 0 Å². The maximum Gasteiger partial charge on any atom is 0.253 e. The Bertz CT molecular complexity index is 1010. The van der Waals surface area contributed by atoms with E-state index in [0.29, 0.717) is 5.56 Å². The standard InChI is InChI=1S/C26H34N4O3/c1-17-13-22(14-18(2)27-17)30-11-9-21(10-12-30)29(3)26(32)20-6-5-19-7-8-24(23(19)15-20)28-25(31)16-33-4/h5-6,13-15,21,24H,7-12,16H2,1-4H3,(H,28,31). The van der Waals surface area contributed by atoms with Crippen LogP contribution in [0.2, 0.25) is 0 Å². The lowest BCUT2D eigenvalue weighted by Gasteiger charge is -2.38. The van der Waals surface area contributed by atoms with Crippen LogP contribution in [0.5, 0.6) is 0 Å². The lowest BCUT2D eigenvalue weighted by molar-refractivity contribution is -0.125. The molecule has 1 aromatic carbocycles. The number of piperidine rings is 1. The second-order valence-electron chi connectivity index (χ2n) is 9.25. The molecule has 2 heterocycles. The van der Waals surface area contributed by atoms with E-state index in [9.17, 15) is 9.59 Å². The number of nitrogens with zero attached hydrogens (tertiary/aromatic N) is 3. The predicted molar refractivity (Wildman–Crippen MR) is 129 cm³/mol. The first-order valence-electron chi connectivity index (χ1n) is 11.7. The van der Waals surface area contributed by atoms with Crippen LogP contribution in [0, 0.1) is 13.8 Å². The number of fused-ring (bicyclic) bond motifs is 1. The molecule has 1 aliphatic carbocycles. The van der Waals surface area contributed by atoms with Crippen LogP contribution in [-0.4, -0.2) is 61.6 Å². The molecule has 0 spiro atoms. The molecular weight excluding hydrogens is 416 g/mol. The van der Waals surface area contributed by atoms with E-state index in [1.54, 1.807) is 0 Å². The number of aryl methyl sites for hydroxylation is 3. The molecule has 4 rings (SSSR count). The number of benzene rings is 1. The van der Waals surface area contributed by atoms with Crippen molar-refractivity contribution in [2.75, 3.05) is 38.8 Å². The number of methoxy groups -OCH3 is 1. The predicted octanol–water partition coefficient (Wildman–Crippen LogP) is 3.19. The number of ether oxygens (including phenoxy) is 1. The number of amides is 2. The number of hydrogen-bond donors (Lipinski definition) is 1. The Hall–Kier alpha value is -2.93. The summed E-state index contributed by atoms with van der Waals surface area (Å²) in [6, 6.07) is 10.4. The van der Waals surface area contributed by atoms with Crippen LogP contribution in [0.4, 0.5) is 5.69 Å². The first-order chi connectivity index (χ1) is 15.9. The van der Waals surface area contributed by atoms with Crippen molar-refractivity contribution in [2.45, 2.75) is 51.6 Å². The van der Waals surface area contributed by atoms with Gasteiger partial charge in [0.1, 0.15) is 6.61 Å². The first kappa shape index (κ1) is 23.2. The largest absolute Gasteiger partial charge is 0.375 e. The summed E-state index contributed by atoms with van der Waals surface area (Å²) in [5.41, 5.74) is 6.23. The van der Waals surface area contributed by atoms with Crippen LogP contribution in [0.3, 0.4) is 0 Å². The van der Waals surface area contributed by atoms with Crippen LogP contribution < -0.4 is 10.2 Å². The molecular formula is C26H34N4O3. The van der Waals surface area contributed by atoms with Crippen molar-refractivity contribution in [1.82, 2.24) is 15.2 Å². The van der Waals surface area contributed by atoms with Gasteiger partial charge in [0, 0.05) is 55.9 Å². The van der Waals surface area contributed by atoms with E-state index in [1.807, 2.05) is 44.0 Å². The fourth-order valence-electron chi connectivity index (χ4n) is 5.13. The zero-order chi connectivity index (χ0) is 23.5. The summed E-state index contributed by atoms with van der Waals surface area (Å²) in [7, 11) is 3.42. The number of nitrogens with one attached hydrogen (secondary N) is 1. The van der Waals surface area contributed by atoms with Crippen molar-refractivity contribution in [1.29, 1.82) is 0 Å². The minimum absolute atomic E-state index is 0.0423. The molecule has 0 saturated carbocycles. The average Bonchev–Trinajstić information content (AvgIpc) is 3.19. The fourth-order valence-corrected chi connectivity index (χ4v) is 5.13. The Kier molecular flexibility index (Phi) is 6.98. The van der Waals surface area contributed by atoms with Gasteiger partial charge in [-0.2, -0.15) is 0 Å². The highest BCUT2D eigenvalue weighted by Gasteiger charge is 2.29. The van der Waals surface area contributed by atoms with Gasteiger partial charge in [0.25, 0.3) is 5.91 Å². The summed E-state index contributed by atoms with van der Waals surface area (Å²) < 4.78 is 4.93. The summed E-state index contributed by atoms with van der Waals surface area (Å²) >= 11 is 0. The third kappa shape index (κ3) is 5.19. The lowest BCUT2D eigenvalue weighted by atomic mass is 10.00. The van der Waals surface area contributed by atoms with E-state index in [2.05, 4.69) is 27.3 Å². The van der Waals surface area contributed by atoms with Crippen LogP contribution in [0.25, 0.3) is 0 Å². The molecule has 1 unspecified atom stereocenters. The average molecular weight is 451 g/mol. The van der Waals surface area contributed by atoms with E-state index >= 15 is 0 Å². The van der Waals surface area contributed by atoms with Crippen LogP contribution in [0.1, 0.15) is 58.2 Å². The number of aromatic nitrogens is 1.